The molecule has 0 aromatic carbocycles. The highest BCUT2D eigenvalue weighted by atomic mass is 15.1. The quantitative estimate of drug-likeness (QED) is 0.804. The summed E-state index contributed by atoms with van der Waals surface area (Å²) in [6.07, 6.45) is 7.18. The molecule has 2 aromatic heterocycles. The molecule has 0 spiro atoms. The van der Waals surface area contributed by atoms with E-state index in [0.717, 1.165) is 16.9 Å². The maximum atomic E-state index is 5.85. The van der Waals surface area contributed by atoms with Gasteiger partial charge in [-0.05, 0) is 25.5 Å². The van der Waals surface area contributed by atoms with Crippen LogP contribution in [0.3, 0.4) is 0 Å². The third-order valence-corrected chi connectivity index (χ3v) is 2.27. The fourth-order valence-corrected chi connectivity index (χ4v) is 1.53. The van der Waals surface area contributed by atoms with E-state index in [2.05, 4.69) is 16.0 Å². The largest absolute Gasteiger partial charge is 0.323 e. The van der Waals surface area contributed by atoms with Gasteiger partial charge in [-0.1, -0.05) is 0 Å². The normalized spacial score (nSPS) is 12.7. The number of aryl methyl sites for hydroxylation is 1. The third-order valence-electron chi connectivity index (χ3n) is 2.27. The number of imidazole rings is 1. The molecule has 0 saturated heterocycles. The number of hydrogen-bond donors (Lipinski definition) is 1. The van der Waals surface area contributed by atoms with E-state index in [1.54, 1.807) is 18.7 Å². The van der Waals surface area contributed by atoms with E-state index in [-0.39, 0.29) is 6.04 Å². The minimum absolute atomic E-state index is 0.0342. The van der Waals surface area contributed by atoms with Crippen molar-refractivity contribution < 1.29 is 0 Å². The predicted molar refractivity (Wildman–Crippen MR) is 58.7 cm³/mol. The van der Waals surface area contributed by atoms with E-state index in [1.807, 2.05) is 24.6 Å². The second-order valence-corrected chi connectivity index (χ2v) is 3.70. The van der Waals surface area contributed by atoms with Crippen LogP contribution < -0.4 is 5.73 Å². The predicted octanol–water partition coefficient (Wildman–Crippen LogP) is 1.60. The van der Waals surface area contributed by atoms with Crippen LogP contribution >= 0.6 is 0 Å². The summed E-state index contributed by atoms with van der Waals surface area (Å²) in [6, 6.07) is 2.02. The number of nitrogens with two attached hydrogens (primary N) is 1. The van der Waals surface area contributed by atoms with Crippen LogP contribution in [0, 0.1) is 6.92 Å². The van der Waals surface area contributed by atoms with E-state index in [4.69, 9.17) is 5.73 Å². The van der Waals surface area contributed by atoms with Crippen molar-refractivity contribution in [2.75, 3.05) is 0 Å². The maximum Gasteiger partial charge on any atom is 0.0995 e. The Morgan fingerprint density at radius 2 is 2.07 bits per heavy atom. The Morgan fingerprint density at radius 1 is 1.27 bits per heavy atom. The average molecular weight is 202 g/mol. The molecule has 1 unspecified atom stereocenters. The van der Waals surface area contributed by atoms with Crippen LogP contribution in [0.5, 0.6) is 0 Å². The van der Waals surface area contributed by atoms with Gasteiger partial charge < -0.3 is 10.3 Å². The monoisotopic (exact) mass is 202 g/mol. The SMILES string of the molecule is Cc1cncc(-n2cncc2C(C)N)c1. The Labute approximate surface area is 88.8 Å². The van der Waals surface area contributed by atoms with Gasteiger partial charge in [0.1, 0.15) is 0 Å². The summed E-state index contributed by atoms with van der Waals surface area (Å²) in [6.45, 7) is 3.95. The van der Waals surface area contributed by atoms with Gasteiger partial charge in [-0.15, -0.1) is 0 Å². The van der Waals surface area contributed by atoms with Gasteiger partial charge in [0, 0.05) is 12.2 Å². The summed E-state index contributed by atoms with van der Waals surface area (Å²) < 4.78 is 1.96. The Balaban J connectivity index is 2.49. The first-order valence-corrected chi connectivity index (χ1v) is 4.88. The Bertz CT molecular complexity index is 459. The Kier molecular flexibility index (Phi) is 2.51. The molecule has 0 aliphatic carbocycles. The molecule has 0 bridgehead atoms. The number of hydrogen-bond acceptors (Lipinski definition) is 3. The van der Waals surface area contributed by atoms with E-state index in [1.165, 1.54) is 0 Å². The molecule has 0 aliphatic rings. The summed E-state index contributed by atoms with van der Waals surface area (Å²) in [7, 11) is 0. The lowest BCUT2D eigenvalue weighted by atomic mass is 10.2. The first kappa shape index (κ1) is 9.86. The molecule has 2 aromatic rings. The standard InChI is InChI=1S/C11H14N4/c1-8-3-10(5-13-4-8)15-7-14-6-11(15)9(2)12/h3-7,9H,12H2,1-2H3. The number of rotatable bonds is 2. The van der Waals surface area contributed by atoms with Gasteiger partial charge in [0.05, 0.1) is 30.1 Å². The van der Waals surface area contributed by atoms with E-state index in [9.17, 15) is 0 Å². The molecule has 0 aliphatic heterocycles. The highest BCUT2D eigenvalue weighted by molar-refractivity contribution is 5.34. The fraction of sp³-hybridized carbons (Fsp3) is 0.273. The van der Waals surface area contributed by atoms with Gasteiger partial charge in [0.2, 0.25) is 0 Å². The van der Waals surface area contributed by atoms with Gasteiger partial charge in [-0.25, -0.2) is 4.98 Å². The second kappa shape index (κ2) is 3.82. The van der Waals surface area contributed by atoms with Crippen molar-refractivity contribution in [2.45, 2.75) is 19.9 Å². The zero-order valence-electron chi connectivity index (χ0n) is 8.88. The lowest BCUT2D eigenvalue weighted by Crippen LogP contribution is -2.10. The van der Waals surface area contributed by atoms with E-state index < -0.39 is 0 Å². The summed E-state index contributed by atoms with van der Waals surface area (Å²) in [5, 5.41) is 0. The first-order chi connectivity index (χ1) is 7.18. The molecule has 2 rings (SSSR count). The van der Waals surface area contributed by atoms with Crippen molar-refractivity contribution in [3.05, 3.63) is 42.2 Å². The minimum atomic E-state index is -0.0342. The topological polar surface area (TPSA) is 56.7 Å². The molecule has 4 nitrogen and oxygen atoms in total. The maximum absolute atomic E-state index is 5.85. The lowest BCUT2D eigenvalue weighted by molar-refractivity contribution is 0.751. The molecule has 1 atom stereocenters. The van der Waals surface area contributed by atoms with Crippen molar-refractivity contribution in [1.29, 1.82) is 0 Å². The molecule has 4 heteroatoms. The van der Waals surface area contributed by atoms with Crippen LogP contribution in [0.1, 0.15) is 24.2 Å². The average Bonchev–Trinajstić information content (AvgIpc) is 2.65. The summed E-state index contributed by atoms with van der Waals surface area (Å²) in [4.78, 5) is 8.26. The van der Waals surface area contributed by atoms with Crippen LogP contribution in [0.25, 0.3) is 5.69 Å². The summed E-state index contributed by atoms with van der Waals surface area (Å²) >= 11 is 0. The van der Waals surface area contributed by atoms with Crippen LogP contribution in [-0.4, -0.2) is 14.5 Å². The molecule has 0 amide bonds. The zero-order valence-corrected chi connectivity index (χ0v) is 8.88. The van der Waals surface area contributed by atoms with E-state index in [0.29, 0.717) is 0 Å². The van der Waals surface area contributed by atoms with Crippen molar-refractivity contribution in [3.8, 4) is 5.69 Å². The van der Waals surface area contributed by atoms with Crippen LogP contribution in [-0.2, 0) is 0 Å². The number of aromatic nitrogens is 3. The molecule has 2 heterocycles. The van der Waals surface area contributed by atoms with Crippen molar-refractivity contribution in [3.63, 3.8) is 0 Å². The summed E-state index contributed by atoms with van der Waals surface area (Å²) in [5.41, 5.74) is 8.96. The minimum Gasteiger partial charge on any atom is -0.323 e. The van der Waals surface area contributed by atoms with Gasteiger partial charge in [-0.3, -0.25) is 4.98 Å². The molecule has 0 saturated carbocycles. The molecule has 0 radical (unpaired) electrons. The molecule has 15 heavy (non-hydrogen) atoms. The van der Waals surface area contributed by atoms with Crippen molar-refractivity contribution in [1.82, 2.24) is 14.5 Å². The van der Waals surface area contributed by atoms with E-state index >= 15 is 0 Å². The molecular formula is C11H14N4. The smallest absolute Gasteiger partial charge is 0.0995 e. The van der Waals surface area contributed by atoms with Crippen LogP contribution in [0.15, 0.2) is 31.0 Å². The van der Waals surface area contributed by atoms with Crippen molar-refractivity contribution in [2.24, 2.45) is 5.73 Å². The fourth-order valence-electron chi connectivity index (χ4n) is 1.53. The molecule has 0 fully saturated rings. The van der Waals surface area contributed by atoms with Gasteiger partial charge in [0.25, 0.3) is 0 Å². The Hall–Kier alpha value is -1.68. The van der Waals surface area contributed by atoms with Gasteiger partial charge >= 0.3 is 0 Å². The highest BCUT2D eigenvalue weighted by Crippen LogP contribution is 2.15. The zero-order chi connectivity index (χ0) is 10.8. The lowest BCUT2D eigenvalue weighted by Gasteiger charge is -2.10. The summed E-state index contributed by atoms with van der Waals surface area (Å²) in [5.74, 6) is 0. The number of nitrogens with zero attached hydrogens (tertiary/aromatic N) is 3. The van der Waals surface area contributed by atoms with Crippen molar-refractivity contribution >= 4 is 0 Å². The second-order valence-electron chi connectivity index (χ2n) is 3.70. The molecule has 78 valence electrons. The highest BCUT2D eigenvalue weighted by Gasteiger charge is 2.08. The molecule has 2 N–H and O–H groups in total. The third kappa shape index (κ3) is 1.89. The van der Waals surface area contributed by atoms with Gasteiger partial charge in [-0.2, -0.15) is 0 Å². The van der Waals surface area contributed by atoms with Crippen LogP contribution in [0.4, 0.5) is 0 Å². The number of pyridine rings is 1. The molecular weight excluding hydrogens is 188 g/mol. The Morgan fingerprint density at radius 3 is 2.73 bits per heavy atom. The van der Waals surface area contributed by atoms with Crippen LogP contribution in [0.2, 0.25) is 0 Å². The first-order valence-electron chi connectivity index (χ1n) is 4.88. The van der Waals surface area contributed by atoms with Gasteiger partial charge in [0.15, 0.2) is 0 Å².